The van der Waals surface area contributed by atoms with E-state index in [2.05, 4.69) is 5.32 Å². The molecule has 3 atom stereocenters. The topological polar surface area (TPSA) is 89.7 Å². The lowest BCUT2D eigenvalue weighted by Crippen LogP contribution is -2.61. The number of hydrogen-bond donors (Lipinski definition) is 2. The van der Waals surface area contributed by atoms with Crippen LogP contribution in [0.25, 0.3) is 0 Å². The highest BCUT2D eigenvalue weighted by Gasteiger charge is 2.44. The highest BCUT2D eigenvalue weighted by atomic mass is 16.5. The molecule has 130 valence electrons. The number of hydroxylamine groups is 1. The van der Waals surface area contributed by atoms with E-state index in [4.69, 9.17) is 0 Å². The lowest BCUT2D eigenvalue weighted by Gasteiger charge is -2.34. The molecule has 2 fully saturated rings. The molecule has 3 heterocycles. The minimum atomic E-state index is -0.740. The van der Waals surface area contributed by atoms with Crippen LogP contribution in [-0.4, -0.2) is 63.3 Å². The standard InChI is InChI=1S/C18H19N3O4/c22-16-12-5-2-1-4-11(12)10-21(25)14(16)8-7-13-18(24)20-9-3-6-15(20)17(23)19-13/h1-2,4-5,10,13-15H,3,6-9H2,(H-,19,22,23,25)/p+1/t13-,14?,15-/m0/s1. The zero-order valence-electron chi connectivity index (χ0n) is 13.7. The van der Waals surface area contributed by atoms with Crippen molar-refractivity contribution < 1.29 is 24.3 Å². The van der Waals surface area contributed by atoms with E-state index in [1.807, 2.05) is 0 Å². The zero-order chi connectivity index (χ0) is 17.6. The van der Waals surface area contributed by atoms with Crippen LogP contribution in [0.2, 0.25) is 0 Å². The fourth-order valence-corrected chi connectivity index (χ4v) is 3.98. The number of piperazine rings is 1. The van der Waals surface area contributed by atoms with Crippen molar-refractivity contribution in [3.8, 4) is 0 Å². The van der Waals surface area contributed by atoms with E-state index in [0.717, 1.165) is 11.2 Å². The third kappa shape index (κ3) is 2.59. The van der Waals surface area contributed by atoms with Gasteiger partial charge in [0.25, 0.3) is 6.04 Å². The summed E-state index contributed by atoms with van der Waals surface area (Å²) in [5.41, 5.74) is 1.24. The monoisotopic (exact) mass is 342 g/mol. The maximum Gasteiger partial charge on any atom is 0.264 e. The Hall–Kier alpha value is -2.70. The number of benzene rings is 1. The number of amides is 2. The molecule has 0 aromatic heterocycles. The van der Waals surface area contributed by atoms with Crippen molar-refractivity contribution in [3.05, 3.63) is 35.4 Å². The molecule has 1 aromatic rings. The van der Waals surface area contributed by atoms with Crippen LogP contribution in [0.3, 0.4) is 0 Å². The summed E-state index contributed by atoms with van der Waals surface area (Å²) in [6, 6.07) is 5.39. The van der Waals surface area contributed by atoms with Gasteiger partial charge in [-0.2, -0.15) is 0 Å². The zero-order valence-corrected chi connectivity index (χ0v) is 13.7. The summed E-state index contributed by atoms with van der Waals surface area (Å²) in [5, 5.41) is 12.9. The normalized spacial score (nSPS) is 28.3. The SMILES string of the molecule is O=C1c2ccccc2C=[N+](O)C1CC[C@@H]1NC(=O)[C@@H]2CCCN2C1=O. The Kier molecular flexibility index (Phi) is 3.78. The lowest BCUT2D eigenvalue weighted by molar-refractivity contribution is -0.786. The first-order chi connectivity index (χ1) is 12.1. The lowest BCUT2D eigenvalue weighted by atomic mass is 9.92. The Morgan fingerprint density at radius 1 is 1.20 bits per heavy atom. The number of rotatable bonds is 3. The molecule has 1 unspecified atom stereocenters. The number of Topliss-reactive ketones (excluding diaryl/α,β-unsaturated/α-hetero) is 1. The van der Waals surface area contributed by atoms with Gasteiger partial charge in [0.15, 0.2) is 0 Å². The van der Waals surface area contributed by atoms with Crippen LogP contribution in [-0.2, 0) is 9.59 Å². The van der Waals surface area contributed by atoms with Crippen LogP contribution in [0.4, 0.5) is 0 Å². The maximum atomic E-state index is 12.6. The maximum absolute atomic E-state index is 12.6. The van der Waals surface area contributed by atoms with Crippen molar-refractivity contribution >= 4 is 23.8 Å². The molecule has 0 radical (unpaired) electrons. The molecule has 2 amide bonds. The number of fused-ring (bicyclic) bond motifs is 2. The third-order valence-electron chi connectivity index (χ3n) is 5.30. The third-order valence-corrected chi connectivity index (χ3v) is 5.30. The molecule has 2 saturated heterocycles. The number of nitrogens with one attached hydrogen (secondary N) is 1. The number of hydrogen-bond acceptors (Lipinski definition) is 4. The fraction of sp³-hybridized carbons (Fsp3) is 0.444. The Labute approximate surface area is 144 Å². The molecule has 3 aliphatic rings. The van der Waals surface area contributed by atoms with Gasteiger partial charge in [0.05, 0.1) is 5.56 Å². The van der Waals surface area contributed by atoms with Gasteiger partial charge in [0.1, 0.15) is 12.1 Å². The van der Waals surface area contributed by atoms with Gasteiger partial charge in [-0.25, -0.2) is 0 Å². The molecule has 25 heavy (non-hydrogen) atoms. The molecular weight excluding hydrogens is 322 g/mol. The number of nitrogens with zero attached hydrogens (tertiary/aromatic N) is 2. The van der Waals surface area contributed by atoms with E-state index in [1.165, 1.54) is 6.21 Å². The van der Waals surface area contributed by atoms with Gasteiger partial charge in [0.2, 0.25) is 23.8 Å². The first kappa shape index (κ1) is 15.8. The second kappa shape index (κ2) is 5.98. The van der Waals surface area contributed by atoms with Crippen LogP contribution < -0.4 is 5.32 Å². The smallest absolute Gasteiger partial charge is 0.264 e. The van der Waals surface area contributed by atoms with Crippen molar-refractivity contribution in [1.82, 2.24) is 10.2 Å². The molecule has 0 bridgehead atoms. The second-order valence-corrected chi connectivity index (χ2v) is 6.80. The molecule has 0 saturated carbocycles. The molecule has 7 nitrogen and oxygen atoms in total. The highest BCUT2D eigenvalue weighted by molar-refractivity contribution is 6.07. The molecule has 4 rings (SSSR count). The number of carbonyl (C=O) groups excluding carboxylic acids is 3. The predicted octanol–water partition coefficient (Wildman–Crippen LogP) is 0.342. The molecule has 7 heteroatoms. The summed E-state index contributed by atoms with van der Waals surface area (Å²) in [4.78, 5) is 38.9. The van der Waals surface area contributed by atoms with Crippen LogP contribution in [0.1, 0.15) is 41.6 Å². The Bertz CT molecular complexity index is 788. The molecule has 0 aliphatic carbocycles. The van der Waals surface area contributed by atoms with Crippen molar-refractivity contribution in [2.75, 3.05) is 6.54 Å². The quantitative estimate of drug-likeness (QED) is 0.612. The fourth-order valence-electron chi connectivity index (χ4n) is 3.98. The van der Waals surface area contributed by atoms with E-state index in [1.54, 1.807) is 29.2 Å². The molecule has 1 aromatic carbocycles. The molecular formula is C18H20N3O4+. The van der Waals surface area contributed by atoms with Gasteiger partial charge in [-0.15, -0.1) is 0 Å². The summed E-state index contributed by atoms with van der Waals surface area (Å²) in [5.74, 6) is -0.372. The van der Waals surface area contributed by atoms with E-state index in [-0.39, 0.29) is 30.1 Å². The Morgan fingerprint density at radius 3 is 2.84 bits per heavy atom. The second-order valence-electron chi connectivity index (χ2n) is 6.80. The van der Waals surface area contributed by atoms with Gasteiger partial charge >= 0.3 is 0 Å². The van der Waals surface area contributed by atoms with Gasteiger partial charge < -0.3 is 10.2 Å². The average molecular weight is 342 g/mol. The molecule has 2 N–H and O–H groups in total. The number of ketones is 1. The van der Waals surface area contributed by atoms with E-state index < -0.39 is 12.1 Å². The van der Waals surface area contributed by atoms with Crippen molar-refractivity contribution in [2.24, 2.45) is 0 Å². The van der Waals surface area contributed by atoms with Crippen LogP contribution in [0, 0.1) is 0 Å². The Balaban J connectivity index is 1.48. The van der Waals surface area contributed by atoms with Crippen molar-refractivity contribution in [3.63, 3.8) is 0 Å². The summed E-state index contributed by atoms with van der Waals surface area (Å²) in [6.07, 6.45) is 3.68. The summed E-state index contributed by atoms with van der Waals surface area (Å²) >= 11 is 0. The first-order valence-electron chi connectivity index (χ1n) is 8.62. The molecule has 0 spiro atoms. The Morgan fingerprint density at radius 2 is 2.00 bits per heavy atom. The summed E-state index contributed by atoms with van der Waals surface area (Å²) < 4.78 is 0.915. The van der Waals surface area contributed by atoms with Crippen molar-refractivity contribution in [1.29, 1.82) is 0 Å². The van der Waals surface area contributed by atoms with Gasteiger partial charge in [-0.3, -0.25) is 19.6 Å². The van der Waals surface area contributed by atoms with E-state index >= 15 is 0 Å². The van der Waals surface area contributed by atoms with Crippen LogP contribution in [0.5, 0.6) is 0 Å². The average Bonchev–Trinajstić information content (AvgIpc) is 3.09. The number of carbonyl (C=O) groups is 3. The predicted molar refractivity (Wildman–Crippen MR) is 87.7 cm³/mol. The van der Waals surface area contributed by atoms with E-state index in [9.17, 15) is 19.6 Å². The minimum absolute atomic E-state index is 0.0840. The summed E-state index contributed by atoms with van der Waals surface area (Å²) in [6.45, 7) is 0.614. The van der Waals surface area contributed by atoms with Crippen LogP contribution in [0.15, 0.2) is 24.3 Å². The van der Waals surface area contributed by atoms with Gasteiger partial charge in [-0.1, -0.05) is 18.2 Å². The molecule has 3 aliphatic heterocycles. The van der Waals surface area contributed by atoms with Crippen molar-refractivity contribution in [2.45, 2.75) is 43.8 Å². The largest absolute Gasteiger partial charge is 0.343 e. The summed E-state index contributed by atoms with van der Waals surface area (Å²) in [7, 11) is 0. The highest BCUT2D eigenvalue weighted by Crippen LogP contribution is 2.25. The van der Waals surface area contributed by atoms with Gasteiger partial charge in [-0.05, 0) is 30.1 Å². The van der Waals surface area contributed by atoms with Crippen LogP contribution >= 0.6 is 0 Å². The first-order valence-corrected chi connectivity index (χ1v) is 8.62. The minimum Gasteiger partial charge on any atom is -0.343 e. The van der Waals surface area contributed by atoms with Gasteiger partial charge in [0, 0.05) is 18.5 Å². The van der Waals surface area contributed by atoms with E-state index in [0.29, 0.717) is 30.5 Å².